The van der Waals surface area contributed by atoms with Gasteiger partial charge in [0.15, 0.2) is 5.78 Å². The van der Waals surface area contributed by atoms with Crippen molar-refractivity contribution in [1.82, 2.24) is 4.90 Å². The maximum absolute atomic E-state index is 11.5. The Morgan fingerprint density at radius 2 is 1.89 bits per heavy atom. The molecule has 1 aliphatic heterocycles. The number of nitrogens with two attached hydrogens (primary N) is 1. The van der Waals surface area contributed by atoms with E-state index in [4.69, 9.17) is 5.73 Å². The summed E-state index contributed by atoms with van der Waals surface area (Å²) in [5.41, 5.74) is 8.18. The first-order valence-electron chi connectivity index (χ1n) is 7.04. The summed E-state index contributed by atoms with van der Waals surface area (Å²) in [6, 6.07) is 6.65. The second-order valence-corrected chi connectivity index (χ2v) is 5.58. The predicted molar refractivity (Wildman–Crippen MR) is 77.7 cm³/mol. The summed E-state index contributed by atoms with van der Waals surface area (Å²) >= 11 is 0. The number of nitrogen functional groups attached to an aromatic ring is 1. The average molecular weight is 259 g/mol. The fraction of sp³-hybridized carbons (Fsp3) is 0.533. The zero-order valence-electron chi connectivity index (χ0n) is 11.4. The lowest BCUT2D eigenvalue weighted by Gasteiger charge is -2.36. The number of carbonyl (C=O) groups excluding carboxylic acids is 1. The molecule has 0 bridgehead atoms. The van der Waals surface area contributed by atoms with E-state index >= 15 is 0 Å². The molecule has 0 atom stereocenters. The SMILES string of the molecule is CC(=O)c1cc(N2CCN(C3CC3)CC2)ccc1N. The van der Waals surface area contributed by atoms with Crippen LogP contribution in [0.25, 0.3) is 0 Å². The van der Waals surface area contributed by atoms with Gasteiger partial charge in [-0.05, 0) is 38.0 Å². The highest BCUT2D eigenvalue weighted by Gasteiger charge is 2.31. The van der Waals surface area contributed by atoms with Crippen LogP contribution in [0.2, 0.25) is 0 Å². The number of benzene rings is 1. The number of hydrogen-bond donors (Lipinski definition) is 1. The number of piperazine rings is 1. The molecule has 2 N–H and O–H groups in total. The van der Waals surface area contributed by atoms with Crippen molar-refractivity contribution in [3.05, 3.63) is 23.8 Å². The van der Waals surface area contributed by atoms with Crippen LogP contribution in [0.5, 0.6) is 0 Å². The van der Waals surface area contributed by atoms with Crippen LogP contribution in [0.4, 0.5) is 11.4 Å². The fourth-order valence-corrected chi connectivity index (χ4v) is 2.83. The minimum Gasteiger partial charge on any atom is -0.398 e. The summed E-state index contributed by atoms with van der Waals surface area (Å²) < 4.78 is 0. The third kappa shape index (κ3) is 2.59. The zero-order valence-corrected chi connectivity index (χ0v) is 11.4. The van der Waals surface area contributed by atoms with E-state index in [1.165, 1.54) is 12.8 Å². The molecule has 1 saturated carbocycles. The van der Waals surface area contributed by atoms with Crippen molar-refractivity contribution in [3.63, 3.8) is 0 Å². The lowest BCUT2D eigenvalue weighted by molar-refractivity contribution is 0.101. The average Bonchev–Trinajstić information content (AvgIpc) is 3.23. The third-order valence-electron chi connectivity index (χ3n) is 4.16. The molecule has 4 heteroatoms. The summed E-state index contributed by atoms with van der Waals surface area (Å²) in [6.07, 6.45) is 2.74. The number of hydrogen-bond acceptors (Lipinski definition) is 4. The minimum absolute atomic E-state index is 0.0379. The summed E-state index contributed by atoms with van der Waals surface area (Å²) in [5.74, 6) is 0.0379. The third-order valence-corrected chi connectivity index (χ3v) is 4.16. The number of carbonyl (C=O) groups is 1. The quantitative estimate of drug-likeness (QED) is 0.664. The molecule has 3 rings (SSSR count). The Kier molecular flexibility index (Phi) is 3.19. The van der Waals surface area contributed by atoms with Gasteiger partial charge in [0.2, 0.25) is 0 Å². The zero-order chi connectivity index (χ0) is 13.4. The van der Waals surface area contributed by atoms with Gasteiger partial charge in [-0.2, -0.15) is 0 Å². The number of nitrogens with zero attached hydrogens (tertiary/aromatic N) is 2. The first kappa shape index (κ1) is 12.5. The molecule has 2 aliphatic rings. The first-order chi connectivity index (χ1) is 9.15. The lowest BCUT2D eigenvalue weighted by Crippen LogP contribution is -2.47. The monoisotopic (exact) mass is 259 g/mol. The molecule has 0 amide bonds. The molecule has 1 saturated heterocycles. The highest BCUT2D eigenvalue weighted by Crippen LogP contribution is 2.29. The molecule has 0 unspecified atom stereocenters. The van der Waals surface area contributed by atoms with Crippen molar-refractivity contribution < 1.29 is 4.79 Å². The molecule has 0 radical (unpaired) electrons. The van der Waals surface area contributed by atoms with Gasteiger partial charge in [0.1, 0.15) is 0 Å². The van der Waals surface area contributed by atoms with Crippen molar-refractivity contribution >= 4 is 17.2 Å². The van der Waals surface area contributed by atoms with E-state index in [1.807, 2.05) is 18.2 Å². The summed E-state index contributed by atoms with van der Waals surface area (Å²) in [6.45, 7) is 5.91. The van der Waals surface area contributed by atoms with Gasteiger partial charge in [-0.1, -0.05) is 0 Å². The molecular weight excluding hydrogens is 238 g/mol. The van der Waals surface area contributed by atoms with Crippen LogP contribution >= 0.6 is 0 Å². The summed E-state index contributed by atoms with van der Waals surface area (Å²) in [5, 5.41) is 0. The molecule has 1 aromatic carbocycles. The van der Waals surface area contributed by atoms with Crippen molar-refractivity contribution in [3.8, 4) is 0 Å². The fourth-order valence-electron chi connectivity index (χ4n) is 2.83. The van der Waals surface area contributed by atoms with Crippen LogP contribution in [0.3, 0.4) is 0 Å². The molecule has 4 nitrogen and oxygen atoms in total. The van der Waals surface area contributed by atoms with E-state index in [0.29, 0.717) is 11.3 Å². The van der Waals surface area contributed by atoms with E-state index < -0.39 is 0 Å². The Bertz CT molecular complexity index is 488. The highest BCUT2D eigenvalue weighted by molar-refractivity contribution is 6.00. The Balaban J connectivity index is 1.72. The van der Waals surface area contributed by atoms with Gasteiger partial charge in [-0.3, -0.25) is 9.69 Å². The topological polar surface area (TPSA) is 49.6 Å². The Morgan fingerprint density at radius 3 is 2.47 bits per heavy atom. The summed E-state index contributed by atoms with van der Waals surface area (Å²) in [4.78, 5) is 16.5. The van der Waals surface area contributed by atoms with Gasteiger partial charge in [0.05, 0.1) is 0 Å². The van der Waals surface area contributed by atoms with Crippen molar-refractivity contribution in [1.29, 1.82) is 0 Å². The van der Waals surface area contributed by atoms with Gasteiger partial charge in [0.25, 0.3) is 0 Å². The molecule has 0 aromatic heterocycles. The molecule has 1 heterocycles. The van der Waals surface area contributed by atoms with Gasteiger partial charge in [-0.15, -0.1) is 0 Å². The van der Waals surface area contributed by atoms with Crippen LogP contribution in [0.1, 0.15) is 30.1 Å². The van der Waals surface area contributed by atoms with Crippen LogP contribution in [-0.2, 0) is 0 Å². The number of ketones is 1. The second-order valence-electron chi connectivity index (χ2n) is 5.58. The van der Waals surface area contributed by atoms with Crippen LogP contribution in [0, 0.1) is 0 Å². The lowest BCUT2D eigenvalue weighted by atomic mass is 10.1. The van der Waals surface area contributed by atoms with E-state index in [-0.39, 0.29) is 5.78 Å². The van der Waals surface area contributed by atoms with Crippen molar-refractivity contribution in [2.75, 3.05) is 36.8 Å². The molecule has 0 spiro atoms. The predicted octanol–water partition coefficient (Wildman–Crippen LogP) is 1.76. The van der Waals surface area contributed by atoms with Crippen LogP contribution in [-0.4, -0.2) is 42.9 Å². The maximum Gasteiger partial charge on any atom is 0.161 e. The molecular formula is C15H21N3O. The normalized spacial score (nSPS) is 20.6. The van der Waals surface area contributed by atoms with Gasteiger partial charge >= 0.3 is 0 Å². The van der Waals surface area contributed by atoms with Gasteiger partial charge in [0, 0.05) is 49.2 Å². The van der Waals surface area contributed by atoms with Crippen LogP contribution < -0.4 is 10.6 Å². The number of rotatable bonds is 3. The smallest absolute Gasteiger partial charge is 0.161 e. The Morgan fingerprint density at radius 1 is 1.21 bits per heavy atom. The standard InChI is InChI=1S/C15H21N3O/c1-11(19)14-10-13(4-5-15(14)16)18-8-6-17(7-9-18)12-2-3-12/h4-5,10,12H,2-3,6-9,16H2,1H3. The molecule has 19 heavy (non-hydrogen) atoms. The van der Waals surface area contributed by atoms with Gasteiger partial charge < -0.3 is 10.6 Å². The number of Topliss-reactive ketones (excluding diaryl/α,β-unsaturated/α-hetero) is 1. The van der Waals surface area contributed by atoms with E-state index in [2.05, 4.69) is 9.80 Å². The molecule has 1 aromatic rings. The van der Waals surface area contributed by atoms with E-state index in [9.17, 15) is 4.79 Å². The second kappa shape index (κ2) is 4.85. The maximum atomic E-state index is 11.5. The van der Waals surface area contributed by atoms with E-state index in [1.54, 1.807) is 6.92 Å². The Labute approximate surface area is 114 Å². The minimum atomic E-state index is 0.0379. The number of anilines is 2. The first-order valence-corrected chi connectivity index (χ1v) is 7.04. The van der Waals surface area contributed by atoms with Crippen LogP contribution in [0.15, 0.2) is 18.2 Å². The largest absolute Gasteiger partial charge is 0.398 e. The van der Waals surface area contributed by atoms with E-state index in [0.717, 1.165) is 37.9 Å². The summed E-state index contributed by atoms with van der Waals surface area (Å²) in [7, 11) is 0. The molecule has 1 aliphatic carbocycles. The van der Waals surface area contributed by atoms with Crippen molar-refractivity contribution in [2.24, 2.45) is 0 Å². The Hall–Kier alpha value is -1.55. The molecule has 2 fully saturated rings. The van der Waals surface area contributed by atoms with Crippen molar-refractivity contribution in [2.45, 2.75) is 25.8 Å². The molecule has 102 valence electrons. The highest BCUT2D eigenvalue weighted by atomic mass is 16.1. The van der Waals surface area contributed by atoms with Gasteiger partial charge in [-0.25, -0.2) is 0 Å².